The molecule has 1 heterocycles. The first-order chi connectivity index (χ1) is 25.8. The molecule has 10 aromatic rings. The number of aromatic nitrogens is 2. The van der Waals surface area contributed by atoms with E-state index >= 15 is 0 Å². The van der Waals surface area contributed by atoms with Crippen LogP contribution in [0.3, 0.4) is 0 Å². The quantitative estimate of drug-likeness (QED) is 0.136. The van der Waals surface area contributed by atoms with Crippen molar-refractivity contribution in [3.05, 3.63) is 194 Å². The highest BCUT2D eigenvalue weighted by Crippen LogP contribution is 2.41. The van der Waals surface area contributed by atoms with Crippen molar-refractivity contribution in [1.29, 1.82) is 0 Å². The summed E-state index contributed by atoms with van der Waals surface area (Å²) in [6.07, 6.45) is 0. The van der Waals surface area contributed by atoms with E-state index in [1.807, 2.05) is 18.2 Å². The Morgan fingerprint density at radius 3 is 1.65 bits per heavy atom. The van der Waals surface area contributed by atoms with E-state index in [9.17, 15) is 0 Å². The molecule has 1 aromatic heterocycles. The Bertz CT molecular complexity index is 2940. The fraction of sp³-hybridized carbons (Fsp3) is 0. The largest absolute Gasteiger partial charge is 0.228 e. The van der Waals surface area contributed by atoms with Gasteiger partial charge in [-0.05, 0) is 83.5 Å². The summed E-state index contributed by atoms with van der Waals surface area (Å²) >= 11 is 0. The van der Waals surface area contributed by atoms with Gasteiger partial charge in [0.05, 0.1) is 11.4 Å². The van der Waals surface area contributed by atoms with Gasteiger partial charge >= 0.3 is 0 Å². The van der Waals surface area contributed by atoms with Crippen LogP contribution in [-0.2, 0) is 0 Å². The highest BCUT2D eigenvalue weighted by Gasteiger charge is 2.15. The van der Waals surface area contributed by atoms with Crippen molar-refractivity contribution >= 4 is 43.1 Å². The summed E-state index contributed by atoms with van der Waals surface area (Å²) in [5.74, 6) is 0.707. The summed E-state index contributed by atoms with van der Waals surface area (Å²) < 4.78 is 0. The topological polar surface area (TPSA) is 25.8 Å². The molecule has 2 nitrogen and oxygen atoms in total. The van der Waals surface area contributed by atoms with E-state index in [4.69, 9.17) is 9.97 Å². The molecule has 0 radical (unpaired) electrons. The molecule has 0 spiro atoms. The molecule has 0 saturated carbocycles. The lowest BCUT2D eigenvalue weighted by atomic mass is 9.89. The van der Waals surface area contributed by atoms with Crippen molar-refractivity contribution < 1.29 is 0 Å². The van der Waals surface area contributed by atoms with Gasteiger partial charge in [-0.3, -0.25) is 0 Å². The molecule has 0 amide bonds. The standard InChI is InChI=1S/C50H32N2/c1-2-14-37(15-3-1)50-51-47(36-26-24-35(25-27-36)42-23-11-17-33-12-4-7-20-41(33)42)32-48(52-50)39-18-10-19-40(30-39)49-44-22-9-6-16-38(44)31-46-43-21-8-5-13-34(43)28-29-45(46)49/h1-32H. The van der Waals surface area contributed by atoms with Gasteiger partial charge in [0.2, 0.25) is 0 Å². The Morgan fingerprint density at radius 2 is 0.846 bits per heavy atom. The second-order valence-electron chi connectivity index (χ2n) is 13.4. The SMILES string of the molecule is c1ccc(-c2nc(-c3ccc(-c4cccc5ccccc45)cc3)cc(-c3cccc(-c4c5ccccc5cc5c4ccc4ccccc45)c3)n2)cc1. The third-order valence-corrected chi connectivity index (χ3v) is 10.3. The van der Waals surface area contributed by atoms with Crippen molar-refractivity contribution in [2.75, 3.05) is 0 Å². The van der Waals surface area contributed by atoms with Crippen molar-refractivity contribution in [1.82, 2.24) is 9.97 Å². The number of hydrogen-bond acceptors (Lipinski definition) is 2. The molecule has 0 N–H and O–H groups in total. The average molecular weight is 661 g/mol. The summed E-state index contributed by atoms with van der Waals surface area (Å²) in [5.41, 5.74) is 9.67. The second kappa shape index (κ2) is 12.5. The van der Waals surface area contributed by atoms with Crippen LogP contribution in [0.5, 0.6) is 0 Å². The van der Waals surface area contributed by atoms with E-state index in [-0.39, 0.29) is 0 Å². The summed E-state index contributed by atoms with van der Waals surface area (Å²) in [6.45, 7) is 0. The van der Waals surface area contributed by atoms with E-state index in [0.717, 1.165) is 33.6 Å². The van der Waals surface area contributed by atoms with E-state index in [1.54, 1.807) is 0 Å². The molecule has 0 bridgehead atoms. The molecule has 0 aliphatic rings. The zero-order chi connectivity index (χ0) is 34.4. The predicted molar refractivity (Wildman–Crippen MR) is 219 cm³/mol. The number of nitrogens with zero attached hydrogens (tertiary/aromatic N) is 2. The summed E-state index contributed by atoms with van der Waals surface area (Å²) in [4.78, 5) is 10.3. The van der Waals surface area contributed by atoms with Crippen LogP contribution >= 0.6 is 0 Å². The maximum absolute atomic E-state index is 5.19. The molecule has 0 aliphatic heterocycles. The van der Waals surface area contributed by atoms with Crippen LogP contribution in [0.2, 0.25) is 0 Å². The van der Waals surface area contributed by atoms with Crippen molar-refractivity contribution in [2.45, 2.75) is 0 Å². The molecular formula is C50H32N2. The Hall–Kier alpha value is -6.90. The lowest BCUT2D eigenvalue weighted by Crippen LogP contribution is -1.96. The van der Waals surface area contributed by atoms with Crippen LogP contribution < -0.4 is 0 Å². The van der Waals surface area contributed by atoms with Crippen LogP contribution in [0.1, 0.15) is 0 Å². The van der Waals surface area contributed by atoms with Gasteiger partial charge in [-0.1, -0.05) is 176 Å². The lowest BCUT2D eigenvalue weighted by molar-refractivity contribution is 1.18. The minimum Gasteiger partial charge on any atom is -0.228 e. The van der Waals surface area contributed by atoms with Gasteiger partial charge in [-0.25, -0.2) is 9.97 Å². The Morgan fingerprint density at radius 1 is 0.269 bits per heavy atom. The minimum absolute atomic E-state index is 0.707. The number of fused-ring (bicyclic) bond motifs is 5. The van der Waals surface area contributed by atoms with Gasteiger partial charge in [0.25, 0.3) is 0 Å². The van der Waals surface area contributed by atoms with Gasteiger partial charge in [0, 0.05) is 16.7 Å². The van der Waals surface area contributed by atoms with Gasteiger partial charge in [0.15, 0.2) is 5.82 Å². The predicted octanol–water partition coefficient (Wildman–Crippen LogP) is 13.4. The maximum Gasteiger partial charge on any atom is 0.160 e. The van der Waals surface area contributed by atoms with Gasteiger partial charge in [-0.2, -0.15) is 0 Å². The van der Waals surface area contributed by atoms with Crippen LogP contribution in [0.4, 0.5) is 0 Å². The fourth-order valence-electron chi connectivity index (χ4n) is 7.72. The molecule has 10 rings (SSSR count). The lowest BCUT2D eigenvalue weighted by Gasteiger charge is -2.15. The van der Waals surface area contributed by atoms with Crippen LogP contribution in [0, 0.1) is 0 Å². The third kappa shape index (κ3) is 5.21. The first-order valence-corrected chi connectivity index (χ1v) is 17.7. The van der Waals surface area contributed by atoms with Crippen LogP contribution in [-0.4, -0.2) is 9.97 Å². The first kappa shape index (κ1) is 30.0. The van der Waals surface area contributed by atoms with Crippen LogP contribution in [0.25, 0.3) is 99.2 Å². The van der Waals surface area contributed by atoms with E-state index in [2.05, 4.69) is 176 Å². The Labute approximate surface area is 302 Å². The van der Waals surface area contributed by atoms with Crippen LogP contribution in [0.15, 0.2) is 194 Å². The minimum atomic E-state index is 0.707. The van der Waals surface area contributed by atoms with Gasteiger partial charge < -0.3 is 0 Å². The maximum atomic E-state index is 5.19. The van der Waals surface area contributed by atoms with Gasteiger partial charge in [-0.15, -0.1) is 0 Å². The molecule has 242 valence electrons. The molecule has 0 atom stereocenters. The Balaban J connectivity index is 1.13. The smallest absolute Gasteiger partial charge is 0.160 e. The molecular weight excluding hydrogens is 629 g/mol. The molecule has 0 aliphatic carbocycles. The average Bonchev–Trinajstić information content (AvgIpc) is 3.23. The number of hydrogen-bond donors (Lipinski definition) is 0. The summed E-state index contributed by atoms with van der Waals surface area (Å²) in [5, 5.41) is 9.98. The van der Waals surface area contributed by atoms with Crippen molar-refractivity contribution in [3.63, 3.8) is 0 Å². The molecule has 52 heavy (non-hydrogen) atoms. The molecule has 0 fully saturated rings. The Kier molecular flexibility index (Phi) is 7.18. The molecule has 0 unspecified atom stereocenters. The zero-order valence-corrected chi connectivity index (χ0v) is 28.4. The monoisotopic (exact) mass is 660 g/mol. The fourth-order valence-corrected chi connectivity index (χ4v) is 7.72. The highest BCUT2D eigenvalue weighted by atomic mass is 14.9. The first-order valence-electron chi connectivity index (χ1n) is 17.7. The van der Waals surface area contributed by atoms with E-state index in [1.165, 1.54) is 59.8 Å². The summed E-state index contributed by atoms with van der Waals surface area (Å²) in [7, 11) is 0. The number of rotatable bonds is 5. The normalized spacial score (nSPS) is 11.5. The molecule has 0 saturated heterocycles. The van der Waals surface area contributed by atoms with E-state index in [0.29, 0.717) is 5.82 Å². The van der Waals surface area contributed by atoms with E-state index < -0.39 is 0 Å². The number of benzene rings is 9. The molecule has 9 aromatic carbocycles. The zero-order valence-electron chi connectivity index (χ0n) is 28.4. The second-order valence-corrected chi connectivity index (χ2v) is 13.4. The highest BCUT2D eigenvalue weighted by molar-refractivity contribution is 6.20. The third-order valence-electron chi connectivity index (χ3n) is 10.3. The molecule has 2 heteroatoms. The van der Waals surface area contributed by atoms with Gasteiger partial charge in [0.1, 0.15) is 0 Å². The van der Waals surface area contributed by atoms with Crippen molar-refractivity contribution in [2.24, 2.45) is 0 Å². The van der Waals surface area contributed by atoms with Crippen molar-refractivity contribution in [3.8, 4) is 56.2 Å². The summed E-state index contributed by atoms with van der Waals surface area (Å²) in [6, 6.07) is 69.3.